The fraction of sp³-hybridized carbons (Fsp3) is 0.607. The minimum Gasteiger partial charge on any atom is -0.435 e. The van der Waals surface area contributed by atoms with Crippen LogP contribution in [0.5, 0.6) is 5.75 Å². The standard InChI is InChI=1S/C28H36F2N8O3/c1-19(39)35-9-4-27(5-10-35)15-37(16-27)24-14-23(32-22-13-21(3-8-31-22)41-25(29)30)33-26(34-24)38-17-28(18-38)6-11-36(12-7-28)20(2)40/h3,8,13-14,25H,4-7,9-12,15-18H2,1-2H3,(H,31,32,33,34). The van der Waals surface area contributed by atoms with Crippen LogP contribution in [0.4, 0.5) is 32.2 Å². The minimum atomic E-state index is -2.93. The number of ether oxygens (including phenoxy) is 1. The molecule has 220 valence electrons. The van der Waals surface area contributed by atoms with Gasteiger partial charge in [0.15, 0.2) is 0 Å². The van der Waals surface area contributed by atoms with E-state index in [2.05, 4.69) is 24.8 Å². The van der Waals surface area contributed by atoms with E-state index in [4.69, 9.17) is 9.97 Å². The average Bonchev–Trinajstić information content (AvgIpc) is 2.90. The van der Waals surface area contributed by atoms with Gasteiger partial charge in [-0.1, -0.05) is 0 Å². The van der Waals surface area contributed by atoms with Gasteiger partial charge in [0.05, 0.1) is 0 Å². The Labute approximate surface area is 237 Å². The lowest BCUT2D eigenvalue weighted by molar-refractivity contribution is -0.132. The van der Waals surface area contributed by atoms with Gasteiger partial charge in [0.2, 0.25) is 17.8 Å². The highest BCUT2D eigenvalue weighted by Crippen LogP contribution is 2.45. The highest BCUT2D eigenvalue weighted by atomic mass is 19.3. The molecule has 0 radical (unpaired) electrons. The Morgan fingerprint density at radius 2 is 1.41 bits per heavy atom. The number of piperidine rings is 2. The third-order valence-corrected chi connectivity index (χ3v) is 9.16. The number of anilines is 4. The van der Waals surface area contributed by atoms with E-state index in [0.29, 0.717) is 17.6 Å². The summed E-state index contributed by atoms with van der Waals surface area (Å²) >= 11 is 0. The van der Waals surface area contributed by atoms with Crippen molar-refractivity contribution in [1.82, 2.24) is 24.8 Å². The van der Waals surface area contributed by atoms with Gasteiger partial charge in [0.1, 0.15) is 23.2 Å². The lowest BCUT2D eigenvalue weighted by Crippen LogP contribution is -2.62. The number of aromatic nitrogens is 3. The molecule has 11 nitrogen and oxygen atoms in total. The maximum atomic E-state index is 12.7. The van der Waals surface area contributed by atoms with Crippen LogP contribution in [-0.2, 0) is 9.59 Å². The SMILES string of the molecule is CC(=O)N1CCC2(CC1)CN(c1cc(Nc3cc(OC(F)F)ccn3)nc(N3CC4(CCN(C(C)=O)CC4)C3)n1)C2. The van der Waals surface area contributed by atoms with Gasteiger partial charge in [-0.15, -0.1) is 0 Å². The zero-order valence-electron chi connectivity index (χ0n) is 23.5. The third kappa shape index (κ3) is 5.71. The van der Waals surface area contributed by atoms with Gasteiger partial charge in [-0.25, -0.2) is 4.98 Å². The highest BCUT2D eigenvalue weighted by Gasteiger charge is 2.48. The number of likely N-dealkylation sites (tertiary alicyclic amines) is 2. The first kappa shape index (κ1) is 27.4. The summed E-state index contributed by atoms with van der Waals surface area (Å²) in [7, 11) is 0. The van der Waals surface area contributed by atoms with Crippen LogP contribution in [0.2, 0.25) is 0 Å². The molecule has 4 aliphatic rings. The Hall–Kier alpha value is -3.77. The van der Waals surface area contributed by atoms with Crippen molar-refractivity contribution >= 4 is 35.2 Å². The molecular weight excluding hydrogens is 534 g/mol. The maximum Gasteiger partial charge on any atom is 0.387 e. The Morgan fingerprint density at radius 1 is 0.854 bits per heavy atom. The van der Waals surface area contributed by atoms with Crippen molar-refractivity contribution in [2.24, 2.45) is 10.8 Å². The molecule has 2 aromatic rings. The molecule has 0 aromatic carbocycles. The molecule has 2 spiro atoms. The summed E-state index contributed by atoms with van der Waals surface area (Å²) in [6.45, 7) is 6.79. The molecule has 6 rings (SSSR count). The average molecular weight is 571 g/mol. The second-order valence-electron chi connectivity index (χ2n) is 12.0. The molecule has 41 heavy (non-hydrogen) atoms. The molecule has 13 heteroatoms. The Morgan fingerprint density at radius 3 is 1.95 bits per heavy atom. The first-order valence-corrected chi connectivity index (χ1v) is 14.2. The van der Waals surface area contributed by atoms with Crippen molar-refractivity contribution in [2.45, 2.75) is 46.1 Å². The van der Waals surface area contributed by atoms with Crippen molar-refractivity contribution in [1.29, 1.82) is 0 Å². The lowest BCUT2D eigenvalue weighted by atomic mass is 9.72. The Kier molecular flexibility index (Phi) is 7.06. The van der Waals surface area contributed by atoms with Gasteiger partial charge in [0, 0.05) is 95.4 Å². The summed E-state index contributed by atoms with van der Waals surface area (Å²) in [6, 6.07) is 4.66. The Bertz CT molecular complexity index is 1230. The van der Waals surface area contributed by atoms with Crippen LogP contribution in [0, 0.1) is 10.8 Å². The van der Waals surface area contributed by atoms with Crippen LogP contribution in [0.3, 0.4) is 0 Å². The number of nitrogens with zero attached hydrogens (tertiary/aromatic N) is 7. The first-order chi connectivity index (χ1) is 19.6. The maximum absolute atomic E-state index is 12.7. The number of pyridine rings is 1. The van der Waals surface area contributed by atoms with Crippen LogP contribution in [0.15, 0.2) is 24.4 Å². The normalized spacial score (nSPS) is 21.1. The summed E-state index contributed by atoms with van der Waals surface area (Å²) in [5.74, 6) is 2.52. The van der Waals surface area contributed by atoms with Crippen LogP contribution in [0.1, 0.15) is 39.5 Å². The van der Waals surface area contributed by atoms with E-state index >= 15 is 0 Å². The number of nitrogens with one attached hydrogen (secondary N) is 1. The van der Waals surface area contributed by atoms with Crippen LogP contribution >= 0.6 is 0 Å². The number of halogens is 2. The van der Waals surface area contributed by atoms with E-state index in [1.54, 1.807) is 13.8 Å². The van der Waals surface area contributed by atoms with Crippen LogP contribution in [0.25, 0.3) is 0 Å². The van der Waals surface area contributed by atoms with Gasteiger partial charge in [-0.05, 0) is 31.7 Å². The van der Waals surface area contributed by atoms with E-state index in [1.165, 1.54) is 18.3 Å². The van der Waals surface area contributed by atoms with E-state index in [9.17, 15) is 18.4 Å². The largest absolute Gasteiger partial charge is 0.435 e. The molecule has 0 bridgehead atoms. The fourth-order valence-electron chi connectivity index (χ4n) is 6.63. The second kappa shape index (κ2) is 10.6. The molecule has 4 aliphatic heterocycles. The number of hydrogen-bond donors (Lipinski definition) is 1. The molecule has 0 aliphatic carbocycles. The molecule has 4 fully saturated rings. The lowest BCUT2D eigenvalue weighted by Gasteiger charge is -2.55. The minimum absolute atomic E-state index is 0.00942. The van der Waals surface area contributed by atoms with Crippen molar-refractivity contribution in [3.63, 3.8) is 0 Å². The number of amides is 2. The first-order valence-electron chi connectivity index (χ1n) is 14.2. The van der Waals surface area contributed by atoms with E-state index in [0.717, 1.165) is 83.9 Å². The summed E-state index contributed by atoms with van der Waals surface area (Å²) in [5.41, 5.74) is 0.339. The molecule has 1 N–H and O–H groups in total. The highest BCUT2D eigenvalue weighted by molar-refractivity contribution is 5.73. The molecule has 2 aromatic heterocycles. The van der Waals surface area contributed by atoms with Gasteiger partial charge in [0.25, 0.3) is 0 Å². The second-order valence-corrected chi connectivity index (χ2v) is 12.0. The van der Waals surface area contributed by atoms with Crippen molar-refractivity contribution in [2.75, 3.05) is 67.5 Å². The predicted molar refractivity (Wildman–Crippen MR) is 148 cm³/mol. The van der Waals surface area contributed by atoms with E-state index in [1.807, 2.05) is 15.9 Å². The predicted octanol–water partition coefficient (Wildman–Crippen LogP) is 3.11. The molecule has 6 heterocycles. The quantitative estimate of drug-likeness (QED) is 0.561. The summed E-state index contributed by atoms with van der Waals surface area (Å²) in [5, 5.41) is 3.15. The topological polar surface area (TPSA) is 107 Å². The summed E-state index contributed by atoms with van der Waals surface area (Å²) in [6.07, 6.45) is 5.27. The number of carbonyl (C=O) groups is 2. The molecule has 4 saturated heterocycles. The Balaban J connectivity index is 1.19. The number of alkyl halides is 2. The zero-order chi connectivity index (χ0) is 28.8. The summed E-state index contributed by atoms with van der Waals surface area (Å²) in [4.78, 5) is 45.8. The van der Waals surface area contributed by atoms with Gasteiger partial charge in [-0.3, -0.25) is 9.59 Å². The van der Waals surface area contributed by atoms with Gasteiger partial charge < -0.3 is 29.7 Å². The van der Waals surface area contributed by atoms with Gasteiger partial charge in [-0.2, -0.15) is 18.7 Å². The third-order valence-electron chi connectivity index (χ3n) is 9.16. The molecular formula is C28H36F2N8O3. The molecule has 0 unspecified atom stereocenters. The van der Waals surface area contributed by atoms with Crippen molar-refractivity contribution < 1.29 is 23.1 Å². The monoisotopic (exact) mass is 570 g/mol. The summed E-state index contributed by atoms with van der Waals surface area (Å²) < 4.78 is 30.0. The van der Waals surface area contributed by atoms with Gasteiger partial charge >= 0.3 is 6.61 Å². The van der Waals surface area contributed by atoms with E-state index < -0.39 is 6.61 Å². The smallest absolute Gasteiger partial charge is 0.387 e. The number of rotatable bonds is 6. The zero-order valence-corrected chi connectivity index (χ0v) is 23.5. The van der Waals surface area contributed by atoms with Crippen LogP contribution < -0.4 is 19.9 Å². The fourth-order valence-corrected chi connectivity index (χ4v) is 6.63. The van der Waals surface area contributed by atoms with Crippen molar-refractivity contribution in [3.8, 4) is 5.75 Å². The number of carbonyl (C=O) groups excluding carboxylic acids is 2. The molecule has 0 atom stereocenters. The number of hydrogen-bond acceptors (Lipinski definition) is 9. The molecule has 2 amide bonds. The molecule has 0 saturated carbocycles. The van der Waals surface area contributed by atoms with Crippen molar-refractivity contribution in [3.05, 3.63) is 24.4 Å². The van der Waals surface area contributed by atoms with Crippen LogP contribution in [-0.4, -0.2) is 95.5 Å². The van der Waals surface area contributed by atoms with E-state index in [-0.39, 0.29) is 28.4 Å².